The zero-order chi connectivity index (χ0) is 23.4. The molecule has 0 fully saturated rings. The number of carbonyl (C=O) groups is 2. The summed E-state index contributed by atoms with van der Waals surface area (Å²) in [6.07, 6.45) is 2.80. The quantitative estimate of drug-likeness (QED) is 0.460. The van der Waals surface area contributed by atoms with Gasteiger partial charge < -0.3 is 23.7 Å². The molecule has 7 heteroatoms. The van der Waals surface area contributed by atoms with E-state index < -0.39 is 10.8 Å². The molecule has 0 aliphatic rings. The molecule has 0 radical (unpaired) electrons. The van der Waals surface area contributed by atoms with Crippen LogP contribution in [0.2, 0.25) is 0 Å². The highest BCUT2D eigenvalue weighted by Crippen LogP contribution is 2.32. The van der Waals surface area contributed by atoms with Gasteiger partial charge in [0.05, 0.1) is 16.3 Å². The summed E-state index contributed by atoms with van der Waals surface area (Å²) in [5.74, 6) is 0.0544. The van der Waals surface area contributed by atoms with Crippen molar-refractivity contribution in [2.24, 2.45) is 10.8 Å². The molecule has 1 aromatic heterocycles. The summed E-state index contributed by atoms with van der Waals surface area (Å²) in [4.78, 5) is 26.4. The molecular formula is C24H36N2O5. The first-order valence-corrected chi connectivity index (χ1v) is 10.5. The van der Waals surface area contributed by atoms with Crippen molar-refractivity contribution in [3.05, 3.63) is 30.0 Å². The van der Waals surface area contributed by atoms with E-state index in [-0.39, 0.29) is 25.5 Å². The molecule has 31 heavy (non-hydrogen) atoms. The third kappa shape index (κ3) is 6.72. The first kappa shape index (κ1) is 24.7. The number of aromatic nitrogens is 1. The monoisotopic (exact) mass is 432 g/mol. The Bertz CT molecular complexity index is 916. The van der Waals surface area contributed by atoms with E-state index in [1.54, 1.807) is 20.8 Å². The highest BCUT2D eigenvalue weighted by atomic mass is 16.7. The van der Waals surface area contributed by atoms with Crippen molar-refractivity contribution in [3.63, 3.8) is 0 Å². The van der Waals surface area contributed by atoms with E-state index >= 15 is 0 Å². The van der Waals surface area contributed by atoms with Crippen molar-refractivity contribution < 1.29 is 23.8 Å². The third-order valence-corrected chi connectivity index (χ3v) is 4.74. The second kappa shape index (κ2) is 9.73. The van der Waals surface area contributed by atoms with Gasteiger partial charge in [0, 0.05) is 18.1 Å². The number of esters is 2. The average molecular weight is 433 g/mol. The third-order valence-electron chi connectivity index (χ3n) is 4.74. The van der Waals surface area contributed by atoms with Gasteiger partial charge in [-0.25, -0.2) is 0 Å². The number of nitrogens with zero attached hydrogens (tertiary/aromatic N) is 2. The lowest BCUT2D eigenvalue weighted by Gasteiger charge is -2.17. The number of hydrogen-bond acceptors (Lipinski definition) is 6. The maximum Gasteiger partial charge on any atom is 0.314 e. The molecule has 0 unspecified atom stereocenters. The molecule has 0 N–H and O–H groups in total. The maximum atomic E-state index is 12.2. The van der Waals surface area contributed by atoms with Gasteiger partial charge in [0.25, 0.3) is 0 Å². The fourth-order valence-corrected chi connectivity index (χ4v) is 2.87. The number of likely N-dealkylation sites (N-methyl/N-ethyl adjacent to an activating group) is 1. The van der Waals surface area contributed by atoms with Crippen LogP contribution in [0.4, 0.5) is 0 Å². The zero-order valence-corrected chi connectivity index (χ0v) is 20.1. The lowest BCUT2D eigenvalue weighted by atomic mass is 9.97. The van der Waals surface area contributed by atoms with Gasteiger partial charge in [-0.05, 0) is 79.8 Å². The minimum absolute atomic E-state index is 0.122. The minimum atomic E-state index is -0.591. The molecule has 1 heterocycles. The van der Waals surface area contributed by atoms with Gasteiger partial charge in [0.2, 0.25) is 6.79 Å². The van der Waals surface area contributed by atoms with Crippen LogP contribution >= 0.6 is 0 Å². The lowest BCUT2D eigenvalue weighted by Crippen LogP contribution is -2.24. The van der Waals surface area contributed by atoms with Gasteiger partial charge >= 0.3 is 11.9 Å². The summed E-state index contributed by atoms with van der Waals surface area (Å²) < 4.78 is 18.6. The normalized spacial score (nSPS) is 12.3. The van der Waals surface area contributed by atoms with Gasteiger partial charge in [-0.2, -0.15) is 0 Å². The van der Waals surface area contributed by atoms with Crippen LogP contribution in [-0.2, 0) is 32.2 Å². The van der Waals surface area contributed by atoms with Gasteiger partial charge in [0.1, 0.15) is 5.75 Å². The number of carbonyl (C=O) groups excluding carboxylic acids is 2. The topological polar surface area (TPSA) is 70.0 Å². The SMILES string of the molecule is CN(C)CCc1cn(COC(=O)C(C)(C)C)c2cccc(OCOC(=O)C(C)(C)C)c12. The van der Waals surface area contributed by atoms with Gasteiger partial charge in [0.15, 0.2) is 6.73 Å². The highest BCUT2D eigenvalue weighted by Gasteiger charge is 2.24. The van der Waals surface area contributed by atoms with Crippen molar-refractivity contribution in [2.75, 3.05) is 27.4 Å². The van der Waals surface area contributed by atoms with E-state index in [0.717, 1.165) is 29.4 Å². The number of benzene rings is 1. The van der Waals surface area contributed by atoms with Crippen molar-refractivity contribution in [2.45, 2.75) is 54.7 Å². The summed E-state index contributed by atoms with van der Waals surface area (Å²) >= 11 is 0. The van der Waals surface area contributed by atoms with E-state index in [1.807, 2.05) is 63.8 Å². The molecule has 0 saturated carbocycles. The maximum absolute atomic E-state index is 12.2. The Balaban J connectivity index is 2.30. The molecule has 0 aliphatic heterocycles. The Morgan fingerprint density at radius 2 is 1.58 bits per heavy atom. The number of ether oxygens (including phenoxy) is 3. The Morgan fingerprint density at radius 3 is 2.16 bits per heavy atom. The van der Waals surface area contributed by atoms with Gasteiger partial charge in [-0.3, -0.25) is 9.59 Å². The van der Waals surface area contributed by atoms with Gasteiger partial charge in [-0.1, -0.05) is 6.07 Å². The fourth-order valence-electron chi connectivity index (χ4n) is 2.87. The largest absolute Gasteiger partial charge is 0.457 e. The number of hydrogen-bond donors (Lipinski definition) is 0. The van der Waals surface area contributed by atoms with Gasteiger partial charge in [-0.15, -0.1) is 0 Å². The van der Waals surface area contributed by atoms with E-state index in [2.05, 4.69) is 4.90 Å². The van der Waals surface area contributed by atoms with Crippen LogP contribution in [0.5, 0.6) is 5.75 Å². The molecule has 7 nitrogen and oxygen atoms in total. The second-order valence-electron chi connectivity index (χ2n) is 10.1. The zero-order valence-electron chi connectivity index (χ0n) is 20.1. The molecule has 0 spiro atoms. The van der Waals surface area contributed by atoms with Crippen molar-refractivity contribution in [1.29, 1.82) is 0 Å². The average Bonchev–Trinajstić information content (AvgIpc) is 3.01. The molecule has 172 valence electrons. The van der Waals surface area contributed by atoms with E-state index in [0.29, 0.717) is 5.75 Å². The summed E-state index contributed by atoms with van der Waals surface area (Å²) in [5.41, 5.74) is 0.817. The van der Waals surface area contributed by atoms with Crippen LogP contribution in [0, 0.1) is 10.8 Å². The highest BCUT2D eigenvalue weighted by molar-refractivity contribution is 5.90. The second-order valence-corrected chi connectivity index (χ2v) is 10.1. The van der Waals surface area contributed by atoms with E-state index in [4.69, 9.17) is 14.2 Å². The molecule has 0 atom stereocenters. The first-order chi connectivity index (χ1) is 14.3. The number of rotatable bonds is 8. The Labute approximate surface area is 185 Å². The molecule has 2 aromatic rings. The molecular weight excluding hydrogens is 396 g/mol. The summed E-state index contributed by atoms with van der Waals surface area (Å²) in [6.45, 7) is 11.7. The molecule has 0 bridgehead atoms. The fraction of sp³-hybridized carbons (Fsp3) is 0.583. The predicted octanol–water partition coefficient (Wildman–Crippen LogP) is 4.22. The van der Waals surface area contributed by atoms with Crippen LogP contribution in [0.1, 0.15) is 47.1 Å². The van der Waals surface area contributed by atoms with Crippen LogP contribution in [0.15, 0.2) is 24.4 Å². The standard InChI is InChI=1S/C24H36N2O5/c1-23(2,3)21(27)29-15-26-14-17(12-13-25(7)8)20-18(26)10-9-11-19(20)30-16-31-22(28)24(4,5)6/h9-11,14H,12-13,15-16H2,1-8H3. The van der Waals surface area contributed by atoms with Crippen LogP contribution in [0.3, 0.4) is 0 Å². The predicted molar refractivity (Wildman–Crippen MR) is 121 cm³/mol. The Morgan fingerprint density at radius 1 is 0.968 bits per heavy atom. The molecule has 1 aromatic carbocycles. The number of fused-ring (bicyclic) bond motifs is 1. The van der Waals surface area contributed by atoms with E-state index in [9.17, 15) is 9.59 Å². The van der Waals surface area contributed by atoms with E-state index in [1.165, 1.54) is 0 Å². The smallest absolute Gasteiger partial charge is 0.314 e. The van der Waals surface area contributed by atoms with Crippen molar-refractivity contribution >= 4 is 22.8 Å². The summed E-state index contributed by atoms with van der Waals surface area (Å²) in [5, 5.41) is 0.933. The minimum Gasteiger partial charge on any atom is -0.457 e. The lowest BCUT2D eigenvalue weighted by molar-refractivity contribution is -0.159. The summed E-state index contributed by atoms with van der Waals surface area (Å²) in [6, 6.07) is 5.70. The van der Waals surface area contributed by atoms with Crippen LogP contribution in [-0.4, -0.2) is 48.8 Å². The van der Waals surface area contributed by atoms with Crippen LogP contribution in [0.25, 0.3) is 10.9 Å². The molecule has 0 saturated heterocycles. The Kier molecular flexibility index (Phi) is 7.76. The summed E-state index contributed by atoms with van der Waals surface area (Å²) in [7, 11) is 4.04. The Hall–Kier alpha value is -2.54. The van der Waals surface area contributed by atoms with Crippen molar-refractivity contribution in [3.8, 4) is 5.75 Å². The molecule has 0 aliphatic carbocycles. The molecule has 0 amide bonds. The van der Waals surface area contributed by atoms with Crippen LogP contribution < -0.4 is 4.74 Å². The van der Waals surface area contributed by atoms with Crippen molar-refractivity contribution in [1.82, 2.24) is 9.47 Å². The molecule has 2 rings (SSSR count). The first-order valence-electron chi connectivity index (χ1n) is 10.5.